The molecule has 0 bridgehead atoms. The van der Waals surface area contributed by atoms with E-state index in [-0.39, 0.29) is 6.61 Å². The third-order valence-corrected chi connectivity index (χ3v) is 1.68. The Hall–Kier alpha value is -1.14. The van der Waals surface area contributed by atoms with E-state index in [1.54, 1.807) is 20.8 Å². The quantitative estimate of drug-likeness (QED) is 0.536. The minimum Gasteiger partial charge on any atom is -0.467 e. The van der Waals surface area contributed by atoms with Gasteiger partial charge in [-0.15, -0.1) is 0 Å². The largest absolute Gasteiger partial charge is 0.467 e. The Balaban J connectivity index is 4.91. The summed E-state index contributed by atoms with van der Waals surface area (Å²) in [5.74, 6) is -1.75. The van der Waals surface area contributed by atoms with Gasteiger partial charge in [0.1, 0.15) is 5.60 Å². The molecule has 94 valence electrons. The van der Waals surface area contributed by atoms with Gasteiger partial charge in [-0.2, -0.15) is 0 Å². The van der Waals surface area contributed by atoms with Gasteiger partial charge in [0, 0.05) is 7.11 Å². The molecule has 0 fully saturated rings. The maximum Gasteiger partial charge on any atom is 0.340 e. The fourth-order valence-electron chi connectivity index (χ4n) is 0.980. The highest BCUT2D eigenvalue weighted by Gasteiger charge is 2.46. The van der Waals surface area contributed by atoms with E-state index in [1.807, 2.05) is 0 Å². The molecule has 0 rings (SSSR count). The van der Waals surface area contributed by atoms with Gasteiger partial charge in [-0.3, -0.25) is 0 Å². The van der Waals surface area contributed by atoms with Crippen molar-refractivity contribution in [2.75, 3.05) is 20.8 Å². The zero-order valence-corrected chi connectivity index (χ0v) is 10.3. The number of carbonyl (C=O) groups is 2. The molecule has 0 saturated heterocycles. The lowest BCUT2D eigenvalue weighted by Crippen LogP contribution is -2.60. The van der Waals surface area contributed by atoms with Crippen molar-refractivity contribution in [3.63, 3.8) is 0 Å². The SMILES string of the molecule is COCC(N)(C(=O)OC)C(=O)OC(C)(C)C. The Labute approximate surface area is 95.0 Å². The van der Waals surface area contributed by atoms with E-state index in [4.69, 9.17) is 15.2 Å². The van der Waals surface area contributed by atoms with Crippen LogP contribution in [-0.2, 0) is 23.8 Å². The van der Waals surface area contributed by atoms with Gasteiger partial charge in [-0.25, -0.2) is 9.59 Å². The van der Waals surface area contributed by atoms with Crippen LogP contribution in [0, 0.1) is 0 Å². The Morgan fingerprint density at radius 3 is 1.94 bits per heavy atom. The van der Waals surface area contributed by atoms with E-state index < -0.39 is 23.1 Å². The third kappa shape index (κ3) is 3.79. The molecule has 2 N–H and O–H groups in total. The molecule has 0 aromatic rings. The Kier molecular flexibility index (Phi) is 4.89. The van der Waals surface area contributed by atoms with Crippen molar-refractivity contribution in [3.05, 3.63) is 0 Å². The first-order valence-electron chi connectivity index (χ1n) is 4.77. The molecule has 0 spiro atoms. The van der Waals surface area contributed by atoms with Crippen molar-refractivity contribution in [2.45, 2.75) is 31.9 Å². The zero-order valence-electron chi connectivity index (χ0n) is 10.3. The van der Waals surface area contributed by atoms with Crippen LogP contribution in [0.2, 0.25) is 0 Å². The minimum absolute atomic E-state index is 0.297. The number of hydrogen-bond donors (Lipinski definition) is 1. The molecule has 0 radical (unpaired) electrons. The van der Waals surface area contributed by atoms with Crippen molar-refractivity contribution in [1.82, 2.24) is 0 Å². The molecule has 0 aromatic heterocycles. The first-order valence-corrected chi connectivity index (χ1v) is 4.77. The van der Waals surface area contributed by atoms with Gasteiger partial charge in [-0.1, -0.05) is 0 Å². The molecule has 0 aliphatic heterocycles. The van der Waals surface area contributed by atoms with Crippen molar-refractivity contribution < 1.29 is 23.8 Å². The number of carbonyl (C=O) groups excluding carboxylic acids is 2. The number of esters is 2. The van der Waals surface area contributed by atoms with E-state index in [0.717, 1.165) is 7.11 Å². The summed E-state index contributed by atoms with van der Waals surface area (Å²) in [5, 5.41) is 0. The lowest BCUT2D eigenvalue weighted by Gasteiger charge is -2.28. The molecule has 6 heteroatoms. The second-order valence-electron chi connectivity index (χ2n) is 4.40. The number of ether oxygens (including phenoxy) is 3. The molecule has 16 heavy (non-hydrogen) atoms. The molecule has 0 aliphatic carbocycles. The van der Waals surface area contributed by atoms with Crippen LogP contribution in [0.3, 0.4) is 0 Å². The molecule has 0 heterocycles. The second kappa shape index (κ2) is 5.27. The summed E-state index contributed by atoms with van der Waals surface area (Å²) in [6.07, 6.45) is 0. The Morgan fingerprint density at radius 2 is 1.62 bits per heavy atom. The highest BCUT2D eigenvalue weighted by Crippen LogP contribution is 2.14. The van der Waals surface area contributed by atoms with Crippen LogP contribution < -0.4 is 5.73 Å². The van der Waals surface area contributed by atoms with Crippen LogP contribution in [0.4, 0.5) is 0 Å². The third-order valence-electron chi connectivity index (χ3n) is 1.68. The van der Waals surface area contributed by atoms with Crippen LogP contribution >= 0.6 is 0 Å². The summed E-state index contributed by atoms with van der Waals surface area (Å²) in [5.41, 5.74) is 2.99. The van der Waals surface area contributed by atoms with Gasteiger partial charge in [0.15, 0.2) is 0 Å². The molecule has 0 aliphatic rings. The fourth-order valence-corrected chi connectivity index (χ4v) is 0.980. The van der Waals surface area contributed by atoms with Crippen LogP contribution in [0.15, 0.2) is 0 Å². The van der Waals surface area contributed by atoms with E-state index in [1.165, 1.54) is 7.11 Å². The number of hydrogen-bond acceptors (Lipinski definition) is 6. The maximum absolute atomic E-state index is 11.7. The predicted molar refractivity (Wildman–Crippen MR) is 56.7 cm³/mol. The summed E-state index contributed by atoms with van der Waals surface area (Å²) >= 11 is 0. The number of nitrogens with two attached hydrogens (primary N) is 1. The Bertz CT molecular complexity index is 271. The van der Waals surface area contributed by atoms with Crippen LogP contribution in [0.1, 0.15) is 20.8 Å². The van der Waals surface area contributed by atoms with Gasteiger partial charge >= 0.3 is 11.9 Å². The molecule has 0 saturated carbocycles. The van der Waals surface area contributed by atoms with Crippen molar-refractivity contribution in [3.8, 4) is 0 Å². The van der Waals surface area contributed by atoms with Gasteiger partial charge in [0.2, 0.25) is 5.54 Å². The van der Waals surface area contributed by atoms with Crippen LogP contribution in [0.5, 0.6) is 0 Å². The van der Waals surface area contributed by atoms with Gasteiger partial charge < -0.3 is 19.9 Å². The lowest BCUT2D eigenvalue weighted by molar-refractivity contribution is -0.173. The van der Waals surface area contributed by atoms with Crippen LogP contribution in [-0.4, -0.2) is 43.9 Å². The standard InChI is InChI=1S/C10H19NO5/c1-9(2,3)16-8(13)10(11,6-14-4)7(12)15-5/h6,11H2,1-5H3. The first-order chi connectivity index (χ1) is 7.17. The summed E-state index contributed by atoms with van der Waals surface area (Å²) in [7, 11) is 2.47. The molecule has 1 atom stereocenters. The normalized spacial score (nSPS) is 15.1. The monoisotopic (exact) mass is 233 g/mol. The summed E-state index contributed by atoms with van der Waals surface area (Å²) < 4.78 is 14.2. The second-order valence-corrected chi connectivity index (χ2v) is 4.40. The van der Waals surface area contributed by atoms with Crippen LogP contribution in [0.25, 0.3) is 0 Å². The number of rotatable bonds is 4. The lowest BCUT2D eigenvalue weighted by atomic mass is 10.0. The summed E-state index contributed by atoms with van der Waals surface area (Å²) in [6, 6.07) is 0. The predicted octanol–water partition coefficient (Wildman–Crippen LogP) is -0.155. The molecular formula is C10H19NO5. The highest BCUT2D eigenvalue weighted by molar-refractivity contribution is 6.05. The molecule has 0 aromatic carbocycles. The van der Waals surface area contributed by atoms with E-state index in [0.29, 0.717) is 0 Å². The topological polar surface area (TPSA) is 87.9 Å². The van der Waals surface area contributed by atoms with E-state index >= 15 is 0 Å². The van der Waals surface area contributed by atoms with Gasteiger partial charge in [0.25, 0.3) is 0 Å². The van der Waals surface area contributed by atoms with Gasteiger partial charge in [0.05, 0.1) is 13.7 Å². The minimum atomic E-state index is -1.92. The fraction of sp³-hybridized carbons (Fsp3) is 0.800. The summed E-state index contributed by atoms with van der Waals surface area (Å²) in [6.45, 7) is 4.73. The Morgan fingerprint density at radius 1 is 1.12 bits per heavy atom. The van der Waals surface area contributed by atoms with E-state index in [2.05, 4.69) is 4.74 Å². The molecular weight excluding hydrogens is 214 g/mol. The first kappa shape index (κ1) is 14.9. The van der Waals surface area contributed by atoms with Crippen molar-refractivity contribution >= 4 is 11.9 Å². The zero-order chi connectivity index (χ0) is 13.0. The van der Waals surface area contributed by atoms with Crippen molar-refractivity contribution in [1.29, 1.82) is 0 Å². The van der Waals surface area contributed by atoms with E-state index in [9.17, 15) is 9.59 Å². The smallest absolute Gasteiger partial charge is 0.340 e. The average Bonchev–Trinajstić information content (AvgIpc) is 2.14. The average molecular weight is 233 g/mol. The molecule has 1 unspecified atom stereocenters. The summed E-state index contributed by atoms with van der Waals surface area (Å²) in [4.78, 5) is 23.2. The molecule has 6 nitrogen and oxygen atoms in total. The van der Waals surface area contributed by atoms with Crippen molar-refractivity contribution in [2.24, 2.45) is 5.73 Å². The maximum atomic E-state index is 11.7. The highest BCUT2D eigenvalue weighted by atomic mass is 16.6. The van der Waals surface area contributed by atoms with Gasteiger partial charge in [-0.05, 0) is 20.8 Å². The molecule has 0 amide bonds. The number of methoxy groups -OCH3 is 2.